The second kappa shape index (κ2) is 11.1. The summed E-state index contributed by atoms with van der Waals surface area (Å²) in [7, 11) is 0. The van der Waals surface area contributed by atoms with Gasteiger partial charge in [-0.05, 0) is 37.7 Å². The molecule has 0 radical (unpaired) electrons. The molecule has 28 heavy (non-hydrogen) atoms. The van der Waals surface area contributed by atoms with Gasteiger partial charge in [-0.15, -0.1) is 0 Å². The van der Waals surface area contributed by atoms with Crippen molar-refractivity contribution >= 4 is 17.6 Å². The first-order valence-corrected chi connectivity index (χ1v) is 9.57. The zero-order chi connectivity index (χ0) is 20.4. The summed E-state index contributed by atoms with van der Waals surface area (Å²) in [5.74, 6) is -0.0509. The van der Waals surface area contributed by atoms with E-state index in [4.69, 9.17) is 9.47 Å². The minimum atomic E-state index is -0.428. The molecule has 2 aromatic carbocycles. The molecule has 1 amide bonds. The number of rotatable bonds is 10. The Morgan fingerprint density at radius 1 is 1.00 bits per heavy atom. The molecule has 150 valence electrons. The van der Waals surface area contributed by atoms with Crippen molar-refractivity contribution in [2.75, 3.05) is 31.6 Å². The summed E-state index contributed by atoms with van der Waals surface area (Å²) < 4.78 is 10.3. The predicted octanol–water partition coefficient (Wildman–Crippen LogP) is 3.65. The van der Waals surface area contributed by atoms with Crippen molar-refractivity contribution in [3.63, 3.8) is 0 Å². The van der Waals surface area contributed by atoms with Crippen LogP contribution in [0.4, 0.5) is 5.69 Å². The first-order valence-electron chi connectivity index (χ1n) is 9.57. The Kier molecular flexibility index (Phi) is 8.49. The highest BCUT2D eigenvalue weighted by Crippen LogP contribution is 2.24. The first kappa shape index (κ1) is 21.4. The summed E-state index contributed by atoms with van der Waals surface area (Å²) in [6.45, 7) is 7.47. The van der Waals surface area contributed by atoms with Crippen LogP contribution in [-0.2, 0) is 14.3 Å². The van der Waals surface area contributed by atoms with Crippen LogP contribution in [0.2, 0.25) is 0 Å². The summed E-state index contributed by atoms with van der Waals surface area (Å²) in [6.07, 6.45) is 0. The maximum atomic E-state index is 13.1. The Morgan fingerprint density at radius 2 is 1.71 bits per heavy atom. The predicted molar refractivity (Wildman–Crippen MR) is 109 cm³/mol. The van der Waals surface area contributed by atoms with Crippen LogP contribution in [0.15, 0.2) is 54.6 Å². The van der Waals surface area contributed by atoms with Crippen LogP contribution in [0, 0.1) is 0 Å². The van der Waals surface area contributed by atoms with Crippen molar-refractivity contribution in [2.24, 2.45) is 0 Å². The molecule has 0 saturated carbocycles. The molecule has 0 bridgehead atoms. The number of amides is 1. The average molecular weight is 384 g/mol. The maximum Gasteiger partial charge on any atom is 0.344 e. The lowest BCUT2D eigenvalue weighted by molar-refractivity contribution is -0.145. The summed E-state index contributed by atoms with van der Waals surface area (Å²) >= 11 is 0. The first-order chi connectivity index (χ1) is 13.6. The molecular formula is C22H28N2O4. The molecule has 6 heteroatoms. The molecule has 0 aliphatic heterocycles. The second-order valence-corrected chi connectivity index (χ2v) is 6.15. The Labute approximate surface area is 166 Å². The number of nitrogens with zero attached hydrogens (tertiary/aromatic N) is 1. The number of anilines is 1. The van der Waals surface area contributed by atoms with Crippen molar-refractivity contribution < 1.29 is 19.1 Å². The van der Waals surface area contributed by atoms with Crippen molar-refractivity contribution in [3.8, 4) is 5.75 Å². The highest BCUT2D eigenvalue weighted by atomic mass is 16.6. The minimum absolute atomic E-state index is 0.113. The number of nitrogens with one attached hydrogen (secondary N) is 1. The van der Waals surface area contributed by atoms with Gasteiger partial charge < -0.3 is 14.8 Å². The van der Waals surface area contributed by atoms with E-state index in [0.29, 0.717) is 18.0 Å². The van der Waals surface area contributed by atoms with Gasteiger partial charge in [0.05, 0.1) is 6.61 Å². The molecule has 1 N–H and O–H groups in total. The van der Waals surface area contributed by atoms with Crippen molar-refractivity contribution in [2.45, 2.75) is 26.8 Å². The lowest BCUT2D eigenvalue weighted by atomic mass is 10.0. The van der Waals surface area contributed by atoms with Crippen LogP contribution in [0.3, 0.4) is 0 Å². The SMILES string of the molecule is CCOC(=O)COc1cccc(NC(=O)C(c2ccccc2)N(CC)CC)c1. The normalized spacial score (nSPS) is 11.7. The number of hydrogen-bond donors (Lipinski definition) is 1. The lowest BCUT2D eigenvalue weighted by Gasteiger charge is -2.29. The number of benzene rings is 2. The summed E-state index contributed by atoms with van der Waals surface area (Å²) in [5.41, 5.74) is 1.55. The molecule has 1 unspecified atom stereocenters. The molecule has 0 fully saturated rings. The van der Waals surface area contributed by atoms with Crippen LogP contribution in [0.25, 0.3) is 0 Å². The highest BCUT2D eigenvalue weighted by Gasteiger charge is 2.25. The Bertz CT molecular complexity index is 760. The van der Waals surface area contributed by atoms with Crippen molar-refractivity contribution in [1.29, 1.82) is 0 Å². The van der Waals surface area contributed by atoms with Crippen LogP contribution < -0.4 is 10.1 Å². The van der Waals surface area contributed by atoms with Gasteiger partial charge >= 0.3 is 5.97 Å². The quantitative estimate of drug-likeness (QED) is 0.633. The largest absolute Gasteiger partial charge is 0.482 e. The summed E-state index contributed by atoms with van der Waals surface area (Å²) in [6, 6.07) is 16.3. The van der Waals surface area contributed by atoms with Gasteiger partial charge in [-0.1, -0.05) is 50.2 Å². The van der Waals surface area contributed by atoms with E-state index in [2.05, 4.69) is 10.2 Å². The topological polar surface area (TPSA) is 67.9 Å². The average Bonchev–Trinajstić information content (AvgIpc) is 2.71. The van der Waals surface area contributed by atoms with Crippen molar-refractivity contribution in [1.82, 2.24) is 4.90 Å². The van der Waals surface area contributed by atoms with Gasteiger partial charge in [0.1, 0.15) is 11.8 Å². The van der Waals surface area contributed by atoms with E-state index in [-0.39, 0.29) is 18.6 Å². The molecule has 2 aromatic rings. The molecule has 0 aromatic heterocycles. The van der Waals surface area contributed by atoms with Crippen LogP contribution in [-0.4, -0.2) is 43.1 Å². The highest BCUT2D eigenvalue weighted by molar-refractivity contribution is 5.95. The molecule has 1 atom stereocenters. The molecule has 0 saturated heterocycles. The van der Waals surface area contributed by atoms with E-state index >= 15 is 0 Å². The van der Waals surface area contributed by atoms with E-state index in [0.717, 1.165) is 18.7 Å². The van der Waals surface area contributed by atoms with Crippen molar-refractivity contribution in [3.05, 3.63) is 60.2 Å². The Hall–Kier alpha value is -2.86. The third-order valence-corrected chi connectivity index (χ3v) is 4.30. The Balaban J connectivity index is 2.12. The number of carbonyl (C=O) groups is 2. The fourth-order valence-corrected chi connectivity index (χ4v) is 2.97. The molecule has 0 aliphatic carbocycles. The van der Waals surface area contributed by atoms with Crippen LogP contribution in [0.1, 0.15) is 32.4 Å². The summed E-state index contributed by atoms with van der Waals surface area (Å²) in [5, 5.41) is 2.97. The number of hydrogen-bond acceptors (Lipinski definition) is 5. The smallest absolute Gasteiger partial charge is 0.344 e. The van der Waals surface area contributed by atoms with Gasteiger partial charge in [-0.2, -0.15) is 0 Å². The Morgan fingerprint density at radius 3 is 2.36 bits per heavy atom. The molecule has 0 heterocycles. The van der Waals surface area contributed by atoms with E-state index in [9.17, 15) is 9.59 Å². The fraction of sp³-hybridized carbons (Fsp3) is 0.364. The second-order valence-electron chi connectivity index (χ2n) is 6.15. The van der Waals surface area contributed by atoms with E-state index in [1.807, 2.05) is 44.2 Å². The number of likely N-dealkylation sites (N-methyl/N-ethyl adjacent to an activating group) is 1. The molecule has 0 spiro atoms. The zero-order valence-corrected chi connectivity index (χ0v) is 16.7. The van der Waals surface area contributed by atoms with Gasteiger partial charge in [-0.3, -0.25) is 9.69 Å². The summed E-state index contributed by atoms with van der Waals surface area (Å²) in [4.78, 5) is 26.6. The maximum absolute atomic E-state index is 13.1. The van der Waals surface area contributed by atoms with E-state index in [1.54, 1.807) is 31.2 Å². The lowest BCUT2D eigenvalue weighted by Crippen LogP contribution is -2.37. The zero-order valence-electron chi connectivity index (χ0n) is 16.7. The van der Waals surface area contributed by atoms with E-state index in [1.165, 1.54) is 0 Å². The van der Waals surface area contributed by atoms with Gasteiger partial charge in [0.15, 0.2) is 6.61 Å². The molecule has 0 aliphatic rings. The van der Waals surface area contributed by atoms with Gasteiger partial charge in [0.25, 0.3) is 0 Å². The molecule has 6 nitrogen and oxygen atoms in total. The standard InChI is InChI=1S/C22H28N2O4/c1-4-24(5-2)21(17-11-8-7-9-12-17)22(26)23-18-13-10-14-19(15-18)28-16-20(25)27-6-3/h7-15,21H,4-6,16H2,1-3H3,(H,23,26). The third kappa shape index (κ3) is 6.09. The minimum Gasteiger partial charge on any atom is -0.482 e. The van der Waals surface area contributed by atoms with Crippen LogP contribution >= 0.6 is 0 Å². The third-order valence-electron chi connectivity index (χ3n) is 4.30. The van der Waals surface area contributed by atoms with Gasteiger partial charge in [-0.25, -0.2) is 4.79 Å². The molecule has 2 rings (SSSR count). The number of esters is 1. The van der Waals surface area contributed by atoms with Gasteiger partial charge in [0.2, 0.25) is 5.91 Å². The molecular weight excluding hydrogens is 356 g/mol. The van der Waals surface area contributed by atoms with Crippen LogP contribution in [0.5, 0.6) is 5.75 Å². The number of carbonyl (C=O) groups excluding carboxylic acids is 2. The fourth-order valence-electron chi connectivity index (χ4n) is 2.97. The monoisotopic (exact) mass is 384 g/mol. The number of ether oxygens (including phenoxy) is 2. The van der Waals surface area contributed by atoms with Gasteiger partial charge in [0, 0.05) is 11.8 Å². The van der Waals surface area contributed by atoms with E-state index < -0.39 is 5.97 Å².